The van der Waals surface area contributed by atoms with Crippen LogP contribution < -0.4 is 0 Å². The molecule has 0 aromatic heterocycles. The van der Waals surface area contributed by atoms with E-state index in [1.807, 2.05) is 13.8 Å². The molecule has 1 aliphatic rings. The minimum absolute atomic E-state index is 0.0433. The molecule has 0 radical (unpaired) electrons. The monoisotopic (exact) mass is 268 g/mol. The lowest BCUT2D eigenvalue weighted by Crippen LogP contribution is -2.38. The minimum Gasteiger partial charge on any atom is -0.383 e. The molecule has 0 aliphatic carbocycles. The average Bonchev–Trinajstić information content (AvgIpc) is 2.73. The summed E-state index contributed by atoms with van der Waals surface area (Å²) in [5.41, 5.74) is 0.954. The molecule has 5 heteroatoms. The smallest absolute Gasteiger partial charge is 0.228 e. The van der Waals surface area contributed by atoms with Crippen LogP contribution in [0.3, 0.4) is 0 Å². The lowest BCUT2D eigenvalue weighted by atomic mass is 10.1. The number of amides is 2. The predicted molar refractivity (Wildman–Crippen MR) is 73.6 cm³/mol. The topological polar surface area (TPSA) is 49.9 Å². The third-order valence-electron chi connectivity index (χ3n) is 3.28. The standard InChI is InChI=1S/C14H24N2O3/c1-5-15(9-11(2)3)14(18)12-8-13(17)16(10-12)6-7-19-4/h12H,2,5-10H2,1,3-4H3/t12-/m1/s1. The molecule has 2 amide bonds. The van der Waals surface area contributed by atoms with Gasteiger partial charge >= 0.3 is 0 Å². The van der Waals surface area contributed by atoms with E-state index >= 15 is 0 Å². The van der Waals surface area contributed by atoms with Crippen LogP contribution in [0.2, 0.25) is 0 Å². The van der Waals surface area contributed by atoms with Crippen molar-refractivity contribution < 1.29 is 14.3 Å². The summed E-state index contributed by atoms with van der Waals surface area (Å²) >= 11 is 0. The zero-order valence-electron chi connectivity index (χ0n) is 12.1. The van der Waals surface area contributed by atoms with Crippen molar-refractivity contribution in [3.05, 3.63) is 12.2 Å². The molecule has 0 saturated carbocycles. The lowest BCUT2D eigenvalue weighted by molar-refractivity contribution is -0.135. The highest BCUT2D eigenvalue weighted by Crippen LogP contribution is 2.20. The molecule has 1 rings (SSSR count). The van der Waals surface area contributed by atoms with Crippen molar-refractivity contribution in [3.63, 3.8) is 0 Å². The second-order valence-electron chi connectivity index (χ2n) is 5.04. The van der Waals surface area contributed by atoms with Gasteiger partial charge < -0.3 is 14.5 Å². The van der Waals surface area contributed by atoms with E-state index in [4.69, 9.17) is 4.74 Å². The Hall–Kier alpha value is -1.36. The molecular weight excluding hydrogens is 244 g/mol. The first kappa shape index (κ1) is 15.7. The minimum atomic E-state index is -0.219. The van der Waals surface area contributed by atoms with Crippen molar-refractivity contribution in [3.8, 4) is 0 Å². The molecule has 5 nitrogen and oxygen atoms in total. The first-order valence-corrected chi connectivity index (χ1v) is 6.69. The summed E-state index contributed by atoms with van der Waals surface area (Å²) in [7, 11) is 1.61. The highest BCUT2D eigenvalue weighted by Gasteiger charge is 2.35. The van der Waals surface area contributed by atoms with Gasteiger partial charge in [0.2, 0.25) is 11.8 Å². The number of likely N-dealkylation sites (tertiary alicyclic amines) is 1. The van der Waals surface area contributed by atoms with Gasteiger partial charge in [-0.1, -0.05) is 12.2 Å². The Morgan fingerprint density at radius 1 is 1.58 bits per heavy atom. The van der Waals surface area contributed by atoms with Crippen LogP contribution >= 0.6 is 0 Å². The van der Waals surface area contributed by atoms with E-state index in [2.05, 4.69) is 6.58 Å². The van der Waals surface area contributed by atoms with Crippen LogP contribution in [0.4, 0.5) is 0 Å². The van der Waals surface area contributed by atoms with Gasteiger partial charge in [0.05, 0.1) is 12.5 Å². The SMILES string of the molecule is C=C(C)CN(CC)C(=O)[C@@H]1CC(=O)N(CCOC)C1. The van der Waals surface area contributed by atoms with Gasteiger partial charge in [0, 0.05) is 39.7 Å². The second-order valence-corrected chi connectivity index (χ2v) is 5.04. The fraction of sp³-hybridized carbons (Fsp3) is 0.714. The molecule has 1 atom stereocenters. The van der Waals surface area contributed by atoms with Gasteiger partial charge in [-0.3, -0.25) is 9.59 Å². The largest absolute Gasteiger partial charge is 0.383 e. The number of methoxy groups -OCH3 is 1. The molecule has 0 aromatic carbocycles. The highest BCUT2D eigenvalue weighted by molar-refractivity contribution is 5.89. The molecule has 0 aromatic rings. The zero-order chi connectivity index (χ0) is 14.4. The summed E-state index contributed by atoms with van der Waals surface area (Å²) in [5, 5.41) is 0. The van der Waals surface area contributed by atoms with E-state index in [9.17, 15) is 9.59 Å². The fourth-order valence-electron chi connectivity index (χ4n) is 2.28. The Labute approximate surface area is 115 Å². The Morgan fingerprint density at radius 2 is 2.26 bits per heavy atom. The van der Waals surface area contributed by atoms with Gasteiger partial charge in [-0.05, 0) is 13.8 Å². The quantitative estimate of drug-likeness (QED) is 0.645. The first-order valence-electron chi connectivity index (χ1n) is 6.69. The number of carbonyl (C=O) groups is 2. The third-order valence-corrected chi connectivity index (χ3v) is 3.28. The summed E-state index contributed by atoms with van der Waals surface area (Å²) < 4.78 is 4.97. The number of ether oxygens (including phenoxy) is 1. The first-order chi connectivity index (χ1) is 8.99. The summed E-state index contributed by atoms with van der Waals surface area (Å²) in [4.78, 5) is 27.6. The van der Waals surface area contributed by atoms with E-state index in [1.54, 1.807) is 16.9 Å². The van der Waals surface area contributed by atoms with Gasteiger partial charge in [-0.2, -0.15) is 0 Å². The molecule has 1 aliphatic heterocycles. The molecular formula is C14H24N2O3. The molecule has 1 heterocycles. The lowest BCUT2D eigenvalue weighted by Gasteiger charge is -2.24. The molecule has 0 spiro atoms. The van der Waals surface area contributed by atoms with Crippen LogP contribution in [0.1, 0.15) is 20.3 Å². The summed E-state index contributed by atoms with van der Waals surface area (Å²) in [6.45, 7) is 10.5. The number of hydrogen-bond donors (Lipinski definition) is 0. The van der Waals surface area contributed by atoms with Gasteiger partial charge in [0.15, 0.2) is 0 Å². The Bertz CT molecular complexity index is 355. The van der Waals surface area contributed by atoms with Crippen molar-refractivity contribution in [1.29, 1.82) is 0 Å². The molecule has 19 heavy (non-hydrogen) atoms. The molecule has 1 saturated heterocycles. The molecule has 0 unspecified atom stereocenters. The maximum Gasteiger partial charge on any atom is 0.228 e. The van der Waals surface area contributed by atoms with Crippen molar-refractivity contribution in [2.45, 2.75) is 20.3 Å². The van der Waals surface area contributed by atoms with Crippen molar-refractivity contribution >= 4 is 11.8 Å². The second kappa shape index (κ2) is 7.28. The van der Waals surface area contributed by atoms with Crippen LogP contribution in [0.15, 0.2) is 12.2 Å². The third kappa shape index (κ3) is 4.35. The predicted octanol–water partition coefficient (Wildman–Crippen LogP) is 0.906. The fourth-order valence-corrected chi connectivity index (χ4v) is 2.28. The van der Waals surface area contributed by atoms with E-state index in [-0.39, 0.29) is 17.7 Å². The van der Waals surface area contributed by atoms with Crippen LogP contribution in [0.25, 0.3) is 0 Å². The van der Waals surface area contributed by atoms with Gasteiger partial charge in [0.1, 0.15) is 0 Å². The highest BCUT2D eigenvalue weighted by atomic mass is 16.5. The number of nitrogens with zero attached hydrogens (tertiary/aromatic N) is 2. The summed E-state index contributed by atoms with van der Waals surface area (Å²) in [5.74, 6) is -0.121. The van der Waals surface area contributed by atoms with Crippen molar-refractivity contribution in [2.24, 2.45) is 5.92 Å². The van der Waals surface area contributed by atoms with E-state index < -0.39 is 0 Å². The van der Waals surface area contributed by atoms with Crippen LogP contribution in [-0.2, 0) is 14.3 Å². The van der Waals surface area contributed by atoms with E-state index in [1.165, 1.54) is 0 Å². The number of carbonyl (C=O) groups excluding carboxylic acids is 2. The number of rotatable bonds is 7. The molecule has 0 bridgehead atoms. The maximum absolute atomic E-state index is 12.4. The van der Waals surface area contributed by atoms with Crippen LogP contribution in [0.5, 0.6) is 0 Å². The average molecular weight is 268 g/mol. The molecule has 108 valence electrons. The van der Waals surface area contributed by atoms with Gasteiger partial charge in [0.25, 0.3) is 0 Å². The van der Waals surface area contributed by atoms with Crippen LogP contribution in [-0.4, -0.2) is 61.5 Å². The van der Waals surface area contributed by atoms with E-state index in [0.29, 0.717) is 39.2 Å². The summed E-state index contributed by atoms with van der Waals surface area (Å²) in [6, 6.07) is 0. The van der Waals surface area contributed by atoms with Gasteiger partial charge in [-0.15, -0.1) is 0 Å². The summed E-state index contributed by atoms with van der Waals surface area (Å²) in [6.07, 6.45) is 0.315. The Kier molecular flexibility index (Phi) is 6.02. The number of hydrogen-bond acceptors (Lipinski definition) is 3. The van der Waals surface area contributed by atoms with Gasteiger partial charge in [-0.25, -0.2) is 0 Å². The van der Waals surface area contributed by atoms with Crippen molar-refractivity contribution in [2.75, 3.05) is 39.9 Å². The number of likely N-dealkylation sites (N-methyl/N-ethyl adjacent to an activating group) is 1. The van der Waals surface area contributed by atoms with Crippen LogP contribution in [0, 0.1) is 5.92 Å². The zero-order valence-corrected chi connectivity index (χ0v) is 12.1. The normalized spacial score (nSPS) is 18.8. The maximum atomic E-state index is 12.4. The Morgan fingerprint density at radius 3 is 2.79 bits per heavy atom. The molecule has 0 N–H and O–H groups in total. The Balaban J connectivity index is 2.58. The van der Waals surface area contributed by atoms with Crippen molar-refractivity contribution in [1.82, 2.24) is 9.80 Å². The molecule has 1 fully saturated rings. The van der Waals surface area contributed by atoms with E-state index in [0.717, 1.165) is 5.57 Å².